The summed E-state index contributed by atoms with van der Waals surface area (Å²) in [6.45, 7) is 0.824. The predicted molar refractivity (Wildman–Crippen MR) is 110 cm³/mol. The Hall–Kier alpha value is -2.84. The Labute approximate surface area is 173 Å². The molecule has 154 valence electrons. The monoisotopic (exact) mass is 419 g/mol. The van der Waals surface area contributed by atoms with E-state index in [0.29, 0.717) is 10.8 Å². The number of carbonyl (C=O) groups is 1. The summed E-state index contributed by atoms with van der Waals surface area (Å²) in [4.78, 5) is 25.3. The molecular formula is C20H22ClN3O5. The second-order valence-corrected chi connectivity index (χ2v) is 7.14. The highest BCUT2D eigenvalue weighted by Gasteiger charge is 2.30. The minimum absolute atomic E-state index is 0.0138. The smallest absolute Gasteiger partial charge is 0.292 e. The van der Waals surface area contributed by atoms with Gasteiger partial charge in [-0.25, -0.2) is 0 Å². The highest BCUT2D eigenvalue weighted by Crippen LogP contribution is 2.38. The van der Waals surface area contributed by atoms with Gasteiger partial charge in [0.15, 0.2) is 0 Å². The molecule has 1 fully saturated rings. The second-order valence-electron chi connectivity index (χ2n) is 6.70. The van der Waals surface area contributed by atoms with Crippen molar-refractivity contribution < 1.29 is 19.2 Å². The summed E-state index contributed by atoms with van der Waals surface area (Å²) in [6, 6.07) is 9.65. The van der Waals surface area contributed by atoms with Crippen molar-refractivity contribution in [3.05, 3.63) is 57.1 Å². The SMILES string of the molecule is COc1ccc(OC)c([C@H]2CCCN2CC(=O)Nc2cc(Cl)ccc2[N+](=O)[O-])c1. The van der Waals surface area contributed by atoms with Gasteiger partial charge in [0.1, 0.15) is 17.2 Å². The number of ether oxygens (including phenoxy) is 2. The van der Waals surface area contributed by atoms with Crippen molar-refractivity contribution in [2.45, 2.75) is 18.9 Å². The number of likely N-dealkylation sites (tertiary alicyclic amines) is 1. The van der Waals surface area contributed by atoms with Crippen LogP contribution in [0.2, 0.25) is 5.02 Å². The molecule has 0 radical (unpaired) electrons. The first-order chi connectivity index (χ1) is 13.9. The largest absolute Gasteiger partial charge is 0.497 e. The van der Waals surface area contributed by atoms with Crippen molar-refractivity contribution in [1.29, 1.82) is 0 Å². The number of carbonyl (C=O) groups excluding carboxylic acids is 1. The fraction of sp³-hybridized carbons (Fsp3) is 0.350. The highest BCUT2D eigenvalue weighted by molar-refractivity contribution is 6.31. The molecule has 8 nitrogen and oxygen atoms in total. The van der Waals surface area contributed by atoms with E-state index < -0.39 is 4.92 Å². The summed E-state index contributed by atoms with van der Waals surface area (Å²) in [5.41, 5.74) is 0.836. The lowest BCUT2D eigenvalue weighted by Gasteiger charge is -2.26. The normalized spacial score (nSPS) is 16.4. The number of nitrogens with one attached hydrogen (secondary N) is 1. The van der Waals surface area contributed by atoms with Gasteiger partial charge in [-0.15, -0.1) is 0 Å². The number of methoxy groups -OCH3 is 2. The molecule has 0 aliphatic carbocycles. The van der Waals surface area contributed by atoms with Gasteiger partial charge < -0.3 is 14.8 Å². The average molecular weight is 420 g/mol. The third-order valence-electron chi connectivity index (χ3n) is 4.94. The zero-order valence-corrected chi connectivity index (χ0v) is 16.9. The molecular weight excluding hydrogens is 398 g/mol. The molecule has 0 saturated carbocycles. The van der Waals surface area contributed by atoms with Crippen LogP contribution in [0.25, 0.3) is 0 Å². The number of rotatable bonds is 7. The zero-order chi connectivity index (χ0) is 21.0. The summed E-state index contributed by atoms with van der Waals surface area (Å²) < 4.78 is 10.8. The maximum absolute atomic E-state index is 12.6. The van der Waals surface area contributed by atoms with E-state index >= 15 is 0 Å². The van der Waals surface area contributed by atoms with Crippen molar-refractivity contribution in [3.8, 4) is 11.5 Å². The van der Waals surface area contributed by atoms with E-state index in [-0.39, 0.29) is 29.9 Å². The van der Waals surface area contributed by atoms with Crippen LogP contribution in [-0.4, -0.2) is 43.0 Å². The molecule has 1 aliphatic rings. The summed E-state index contributed by atoms with van der Waals surface area (Å²) in [5.74, 6) is 1.10. The van der Waals surface area contributed by atoms with Crippen LogP contribution in [0.1, 0.15) is 24.4 Å². The van der Waals surface area contributed by atoms with Crippen LogP contribution < -0.4 is 14.8 Å². The molecule has 0 bridgehead atoms. The maximum Gasteiger partial charge on any atom is 0.292 e. The Morgan fingerprint density at radius 3 is 2.76 bits per heavy atom. The molecule has 1 amide bonds. The van der Waals surface area contributed by atoms with E-state index in [4.69, 9.17) is 21.1 Å². The summed E-state index contributed by atoms with van der Waals surface area (Å²) in [5, 5.41) is 14.1. The Kier molecular flexibility index (Phi) is 6.56. The zero-order valence-electron chi connectivity index (χ0n) is 16.2. The third kappa shape index (κ3) is 4.78. The number of halogens is 1. The van der Waals surface area contributed by atoms with Gasteiger partial charge in [0.05, 0.1) is 25.7 Å². The van der Waals surface area contributed by atoms with Crippen molar-refractivity contribution in [2.24, 2.45) is 0 Å². The summed E-state index contributed by atoms with van der Waals surface area (Å²) in [7, 11) is 3.21. The molecule has 0 unspecified atom stereocenters. The lowest BCUT2D eigenvalue weighted by atomic mass is 10.0. The molecule has 1 heterocycles. The molecule has 29 heavy (non-hydrogen) atoms. The Morgan fingerprint density at radius 1 is 1.28 bits per heavy atom. The van der Waals surface area contributed by atoms with Gasteiger partial charge in [0.2, 0.25) is 5.91 Å². The lowest BCUT2D eigenvalue weighted by molar-refractivity contribution is -0.383. The van der Waals surface area contributed by atoms with Gasteiger partial charge in [-0.05, 0) is 49.7 Å². The van der Waals surface area contributed by atoms with Gasteiger partial charge in [0.25, 0.3) is 5.69 Å². The first-order valence-electron chi connectivity index (χ1n) is 9.12. The minimum Gasteiger partial charge on any atom is -0.497 e. The van der Waals surface area contributed by atoms with Gasteiger partial charge in [-0.3, -0.25) is 19.8 Å². The van der Waals surface area contributed by atoms with Crippen LogP contribution in [0.4, 0.5) is 11.4 Å². The van der Waals surface area contributed by atoms with Gasteiger partial charge in [0, 0.05) is 22.7 Å². The molecule has 2 aromatic carbocycles. The molecule has 2 aromatic rings. The first-order valence-corrected chi connectivity index (χ1v) is 9.50. The van der Waals surface area contributed by atoms with Crippen LogP contribution >= 0.6 is 11.6 Å². The number of benzene rings is 2. The van der Waals surface area contributed by atoms with E-state index in [1.165, 1.54) is 18.2 Å². The molecule has 9 heteroatoms. The summed E-state index contributed by atoms with van der Waals surface area (Å²) in [6.07, 6.45) is 1.80. The topological polar surface area (TPSA) is 93.9 Å². The molecule has 1 saturated heterocycles. The molecule has 1 N–H and O–H groups in total. The van der Waals surface area contributed by atoms with E-state index in [1.54, 1.807) is 14.2 Å². The number of nitro benzene ring substituents is 1. The van der Waals surface area contributed by atoms with Crippen LogP contribution in [0.3, 0.4) is 0 Å². The van der Waals surface area contributed by atoms with E-state index in [9.17, 15) is 14.9 Å². The predicted octanol–water partition coefficient (Wildman–Crippen LogP) is 4.04. The molecule has 0 spiro atoms. The Bertz CT molecular complexity index is 921. The number of hydrogen-bond acceptors (Lipinski definition) is 6. The standard InChI is InChI=1S/C20H22ClN3O5/c1-28-14-6-8-19(29-2)15(11-14)17-4-3-9-23(17)12-20(25)22-16-10-13(21)5-7-18(16)24(26)27/h5-8,10-11,17H,3-4,9,12H2,1-2H3,(H,22,25)/t17-/m1/s1. The second kappa shape index (κ2) is 9.11. The van der Waals surface area contributed by atoms with Crippen LogP contribution in [-0.2, 0) is 4.79 Å². The van der Waals surface area contributed by atoms with Gasteiger partial charge in [-0.1, -0.05) is 11.6 Å². The van der Waals surface area contributed by atoms with Crippen molar-refractivity contribution >= 4 is 28.9 Å². The summed E-state index contributed by atoms with van der Waals surface area (Å²) >= 11 is 5.93. The van der Waals surface area contributed by atoms with Crippen molar-refractivity contribution in [1.82, 2.24) is 4.90 Å². The number of amides is 1. The average Bonchev–Trinajstić information content (AvgIpc) is 3.14. The van der Waals surface area contributed by atoms with Crippen molar-refractivity contribution in [3.63, 3.8) is 0 Å². The molecule has 1 atom stereocenters. The third-order valence-corrected chi connectivity index (χ3v) is 5.17. The molecule has 0 aromatic heterocycles. The Balaban J connectivity index is 1.78. The Morgan fingerprint density at radius 2 is 2.07 bits per heavy atom. The van der Waals surface area contributed by atoms with Crippen LogP contribution in [0.15, 0.2) is 36.4 Å². The van der Waals surface area contributed by atoms with E-state index in [1.807, 2.05) is 23.1 Å². The molecule has 3 rings (SSSR count). The quantitative estimate of drug-likeness (QED) is 0.537. The van der Waals surface area contributed by atoms with Crippen LogP contribution in [0, 0.1) is 10.1 Å². The number of nitrogens with zero attached hydrogens (tertiary/aromatic N) is 2. The highest BCUT2D eigenvalue weighted by atomic mass is 35.5. The number of nitro groups is 1. The van der Waals surface area contributed by atoms with Gasteiger partial charge in [-0.2, -0.15) is 0 Å². The minimum atomic E-state index is -0.550. The lowest BCUT2D eigenvalue weighted by Crippen LogP contribution is -2.33. The fourth-order valence-corrected chi connectivity index (χ4v) is 3.78. The number of anilines is 1. The maximum atomic E-state index is 12.6. The number of hydrogen-bond donors (Lipinski definition) is 1. The van der Waals surface area contributed by atoms with E-state index in [2.05, 4.69) is 5.32 Å². The van der Waals surface area contributed by atoms with Crippen LogP contribution in [0.5, 0.6) is 11.5 Å². The fourth-order valence-electron chi connectivity index (χ4n) is 3.61. The van der Waals surface area contributed by atoms with E-state index in [0.717, 1.165) is 30.7 Å². The first kappa shape index (κ1) is 20.9. The van der Waals surface area contributed by atoms with Crippen molar-refractivity contribution in [2.75, 3.05) is 32.6 Å². The van der Waals surface area contributed by atoms with Gasteiger partial charge >= 0.3 is 0 Å². The molecule has 1 aliphatic heterocycles.